The van der Waals surface area contributed by atoms with Gasteiger partial charge in [-0.2, -0.15) is 0 Å². The fraction of sp³-hybridized carbons (Fsp3) is 0.857. The van der Waals surface area contributed by atoms with Crippen LogP contribution in [-0.4, -0.2) is 66.7 Å². The van der Waals surface area contributed by atoms with E-state index in [4.69, 9.17) is 0 Å². The molecule has 0 bridgehead atoms. The number of carbonyl (C=O) groups is 2. The molecule has 0 aliphatic rings. The van der Waals surface area contributed by atoms with E-state index in [9.17, 15) is 14.7 Å². The van der Waals surface area contributed by atoms with Gasteiger partial charge in [0.1, 0.15) is 6.04 Å². The first kappa shape index (κ1) is 18.7. The lowest BCUT2D eigenvalue weighted by Gasteiger charge is -2.26. The number of carboxylic acid groups (broad SMARTS) is 1. The zero-order valence-electron chi connectivity index (χ0n) is 13.3. The van der Waals surface area contributed by atoms with Crippen LogP contribution in [0, 0.1) is 5.92 Å². The zero-order valence-corrected chi connectivity index (χ0v) is 13.3. The molecule has 0 aromatic heterocycles. The molecule has 0 aromatic rings. The van der Waals surface area contributed by atoms with E-state index >= 15 is 0 Å². The van der Waals surface area contributed by atoms with Crippen molar-refractivity contribution in [2.75, 3.05) is 33.7 Å². The Bertz CT molecular complexity index is 308. The molecule has 6 nitrogen and oxygen atoms in total. The summed E-state index contributed by atoms with van der Waals surface area (Å²) in [6.45, 7) is 7.76. The maximum atomic E-state index is 12.1. The highest BCUT2D eigenvalue weighted by atomic mass is 16.4. The molecule has 0 saturated heterocycles. The number of carbonyl (C=O) groups excluding carboxylic acids is 1. The number of hydrogen-bond acceptors (Lipinski definition) is 3. The van der Waals surface area contributed by atoms with Gasteiger partial charge in [-0.1, -0.05) is 20.3 Å². The third-order valence-corrected chi connectivity index (χ3v) is 3.46. The summed E-state index contributed by atoms with van der Waals surface area (Å²) in [6.07, 6.45) is 1.58. The van der Waals surface area contributed by atoms with Gasteiger partial charge in [0.15, 0.2) is 0 Å². The number of urea groups is 1. The highest BCUT2D eigenvalue weighted by molar-refractivity contribution is 5.82. The van der Waals surface area contributed by atoms with Crippen molar-refractivity contribution < 1.29 is 14.7 Å². The van der Waals surface area contributed by atoms with E-state index < -0.39 is 12.0 Å². The predicted octanol–water partition coefficient (Wildman–Crippen LogP) is 1.47. The maximum Gasteiger partial charge on any atom is 0.326 e. The minimum Gasteiger partial charge on any atom is -0.480 e. The third kappa shape index (κ3) is 6.75. The van der Waals surface area contributed by atoms with E-state index in [1.165, 1.54) is 0 Å². The molecule has 0 aliphatic heterocycles. The molecule has 0 fully saturated rings. The highest BCUT2D eigenvalue weighted by Gasteiger charge is 2.26. The smallest absolute Gasteiger partial charge is 0.326 e. The molecule has 0 rings (SSSR count). The van der Waals surface area contributed by atoms with Crippen LogP contribution in [-0.2, 0) is 4.79 Å². The van der Waals surface area contributed by atoms with Gasteiger partial charge in [-0.25, -0.2) is 9.59 Å². The SMILES string of the molecule is CCC(C)[C@H](NC(=O)N(CC)CCCN(C)C)C(=O)O. The summed E-state index contributed by atoms with van der Waals surface area (Å²) >= 11 is 0. The third-order valence-electron chi connectivity index (χ3n) is 3.46. The Morgan fingerprint density at radius 1 is 1.20 bits per heavy atom. The Morgan fingerprint density at radius 2 is 1.80 bits per heavy atom. The van der Waals surface area contributed by atoms with Crippen LogP contribution in [0.25, 0.3) is 0 Å². The van der Waals surface area contributed by atoms with Gasteiger partial charge in [-0.3, -0.25) is 0 Å². The summed E-state index contributed by atoms with van der Waals surface area (Å²) in [5, 5.41) is 11.8. The van der Waals surface area contributed by atoms with E-state index in [0.717, 1.165) is 13.0 Å². The van der Waals surface area contributed by atoms with Gasteiger partial charge in [0, 0.05) is 13.1 Å². The Morgan fingerprint density at radius 3 is 2.20 bits per heavy atom. The fourth-order valence-corrected chi connectivity index (χ4v) is 1.89. The molecule has 0 saturated carbocycles. The fourth-order valence-electron chi connectivity index (χ4n) is 1.89. The molecule has 0 spiro atoms. The monoisotopic (exact) mass is 287 g/mol. The number of hydrogen-bond donors (Lipinski definition) is 2. The zero-order chi connectivity index (χ0) is 15.7. The van der Waals surface area contributed by atoms with Crippen LogP contribution in [0.15, 0.2) is 0 Å². The topological polar surface area (TPSA) is 72.9 Å². The second kappa shape index (κ2) is 9.58. The van der Waals surface area contributed by atoms with Gasteiger partial charge in [-0.05, 0) is 39.9 Å². The summed E-state index contributed by atoms with van der Waals surface area (Å²) in [4.78, 5) is 27.0. The minimum atomic E-state index is -0.975. The molecule has 0 aliphatic carbocycles. The number of nitrogens with zero attached hydrogens (tertiary/aromatic N) is 2. The molecule has 2 atom stereocenters. The van der Waals surface area contributed by atoms with E-state index in [2.05, 4.69) is 10.2 Å². The van der Waals surface area contributed by atoms with Crippen LogP contribution in [0.3, 0.4) is 0 Å². The van der Waals surface area contributed by atoms with Gasteiger partial charge in [0.2, 0.25) is 0 Å². The van der Waals surface area contributed by atoms with Crippen molar-refractivity contribution in [1.29, 1.82) is 0 Å². The number of aliphatic carboxylic acids is 1. The summed E-state index contributed by atoms with van der Waals surface area (Å²) in [6, 6.07) is -1.12. The van der Waals surface area contributed by atoms with Crippen LogP contribution < -0.4 is 5.32 Å². The Balaban J connectivity index is 4.47. The van der Waals surface area contributed by atoms with Gasteiger partial charge in [0.25, 0.3) is 0 Å². The Kier molecular flexibility index (Phi) is 8.96. The van der Waals surface area contributed by atoms with Crippen LogP contribution in [0.1, 0.15) is 33.6 Å². The average molecular weight is 287 g/mol. The second-order valence-corrected chi connectivity index (χ2v) is 5.39. The van der Waals surface area contributed by atoms with Crippen molar-refractivity contribution in [2.24, 2.45) is 5.92 Å². The van der Waals surface area contributed by atoms with Crippen LogP contribution in [0.4, 0.5) is 4.79 Å². The minimum absolute atomic E-state index is 0.0862. The first-order chi connectivity index (χ1) is 9.33. The van der Waals surface area contributed by atoms with Crippen molar-refractivity contribution in [3.05, 3.63) is 0 Å². The van der Waals surface area contributed by atoms with Crippen molar-refractivity contribution in [1.82, 2.24) is 15.1 Å². The molecule has 20 heavy (non-hydrogen) atoms. The number of rotatable bonds is 9. The molecule has 118 valence electrons. The predicted molar refractivity (Wildman–Crippen MR) is 79.8 cm³/mol. The van der Waals surface area contributed by atoms with E-state index in [1.54, 1.807) is 4.90 Å². The lowest BCUT2D eigenvalue weighted by atomic mass is 9.99. The van der Waals surface area contributed by atoms with E-state index in [1.807, 2.05) is 34.9 Å². The van der Waals surface area contributed by atoms with Crippen molar-refractivity contribution in [3.63, 3.8) is 0 Å². The molecule has 2 N–H and O–H groups in total. The molecule has 0 aromatic carbocycles. The molecule has 0 heterocycles. The van der Waals surface area contributed by atoms with Gasteiger partial charge in [-0.15, -0.1) is 0 Å². The lowest BCUT2D eigenvalue weighted by Crippen LogP contribution is -2.50. The quantitative estimate of drug-likeness (QED) is 0.673. The summed E-state index contributed by atoms with van der Waals surface area (Å²) in [7, 11) is 3.97. The maximum absolute atomic E-state index is 12.1. The molecular formula is C14H29N3O3. The van der Waals surface area contributed by atoms with Gasteiger partial charge >= 0.3 is 12.0 Å². The highest BCUT2D eigenvalue weighted by Crippen LogP contribution is 2.08. The normalized spacial score (nSPS) is 13.9. The average Bonchev–Trinajstić information content (AvgIpc) is 2.39. The second-order valence-electron chi connectivity index (χ2n) is 5.39. The lowest BCUT2D eigenvalue weighted by molar-refractivity contribution is -0.140. The molecule has 2 amide bonds. The number of carboxylic acids is 1. The largest absolute Gasteiger partial charge is 0.480 e. The standard InChI is InChI=1S/C14H29N3O3/c1-6-11(3)12(13(18)19)15-14(20)17(7-2)10-8-9-16(4)5/h11-12H,6-10H2,1-5H3,(H,15,20)(H,18,19)/t11?,12-/m0/s1. The van der Waals surface area contributed by atoms with Crippen molar-refractivity contribution in [2.45, 2.75) is 39.7 Å². The first-order valence-corrected chi connectivity index (χ1v) is 7.26. The van der Waals surface area contributed by atoms with Gasteiger partial charge in [0.05, 0.1) is 0 Å². The van der Waals surface area contributed by atoms with Crippen LogP contribution in [0.2, 0.25) is 0 Å². The Hall–Kier alpha value is -1.30. The number of nitrogens with one attached hydrogen (secondary N) is 1. The first-order valence-electron chi connectivity index (χ1n) is 7.26. The Labute approximate surface area is 122 Å². The van der Waals surface area contributed by atoms with E-state index in [-0.39, 0.29) is 11.9 Å². The number of amides is 2. The van der Waals surface area contributed by atoms with Crippen LogP contribution >= 0.6 is 0 Å². The summed E-state index contributed by atoms with van der Waals surface area (Å²) in [5.74, 6) is -1.06. The van der Waals surface area contributed by atoms with Crippen molar-refractivity contribution in [3.8, 4) is 0 Å². The van der Waals surface area contributed by atoms with Crippen LogP contribution in [0.5, 0.6) is 0 Å². The van der Waals surface area contributed by atoms with Gasteiger partial charge < -0.3 is 20.2 Å². The summed E-state index contributed by atoms with van der Waals surface area (Å²) < 4.78 is 0. The summed E-state index contributed by atoms with van der Waals surface area (Å²) in [5.41, 5.74) is 0. The molecule has 0 radical (unpaired) electrons. The van der Waals surface area contributed by atoms with E-state index in [0.29, 0.717) is 19.5 Å². The molecule has 1 unspecified atom stereocenters. The molecule has 6 heteroatoms. The van der Waals surface area contributed by atoms with Crippen molar-refractivity contribution >= 4 is 12.0 Å². The molecular weight excluding hydrogens is 258 g/mol.